The highest BCUT2D eigenvalue weighted by molar-refractivity contribution is 5.89. The Morgan fingerprint density at radius 1 is 1.13 bits per heavy atom. The summed E-state index contributed by atoms with van der Waals surface area (Å²) in [4.78, 5) is 19.9. The summed E-state index contributed by atoms with van der Waals surface area (Å²) in [6.45, 7) is 6.40. The van der Waals surface area contributed by atoms with E-state index >= 15 is 0 Å². The third-order valence-corrected chi connectivity index (χ3v) is 3.13. The molecular formula is C17H23N5O. The highest BCUT2D eigenvalue weighted by Crippen LogP contribution is 2.20. The average Bonchev–Trinajstić information content (AvgIpc) is 2.46. The highest BCUT2D eigenvalue weighted by atomic mass is 16.1. The minimum absolute atomic E-state index is 0.0950. The molecule has 0 radical (unpaired) electrons. The third-order valence-electron chi connectivity index (χ3n) is 3.13. The van der Waals surface area contributed by atoms with Crippen LogP contribution in [-0.2, 0) is 4.79 Å². The predicted molar refractivity (Wildman–Crippen MR) is 94.2 cm³/mol. The van der Waals surface area contributed by atoms with Crippen molar-refractivity contribution in [2.24, 2.45) is 0 Å². The van der Waals surface area contributed by atoms with E-state index in [4.69, 9.17) is 0 Å². The number of nitrogens with zero attached hydrogens (tertiary/aromatic N) is 2. The van der Waals surface area contributed by atoms with E-state index in [2.05, 4.69) is 32.8 Å². The molecule has 0 spiro atoms. The first kappa shape index (κ1) is 16.7. The van der Waals surface area contributed by atoms with Gasteiger partial charge in [0.25, 0.3) is 0 Å². The Bertz CT molecular complexity index is 672. The first-order valence-corrected chi connectivity index (χ1v) is 7.81. The molecule has 0 unspecified atom stereocenters. The standard InChI is InChI=1S/C17H23N5O/c1-4-5-9-18-16-11-17(20-12(2)19-16)22-15-8-6-7-14(10-15)21-13(3)23/h6-8,10-11H,4-5,9H2,1-3H3,(H,21,23)(H2,18,19,20,22). The van der Waals surface area contributed by atoms with Gasteiger partial charge in [-0.05, 0) is 31.5 Å². The molecular weight excluding hydrogens is 290 g/mol. The van der Waals surface area contributed by atoms with Crippen LogP contribution in [0.1, 0.15) is 32.5 Å². The van der Waals surface area contributed by atoms with Crippen LogP contribution in [0.3, 0.4) is 0 Å². The summed E-state index contributed by atoms with van der Waals surface area (Å²) in [6, 6.07) is 9.39. The van der Waals surface area contributed by atoms with Gasteiger partial charge in [-0.2, -0.15) is 0 Å². The highest BCUT2D eigenvalue weighted by Gasteiger charge is 2.03. The van der Waals surface area contributed by atoms with E-state index in [-0.39, 0.29) is 5.91 Å². The first-order chi connectivity index (χ1) is 11.1. The summed E-state index contributed by atoms with van der Waals surface area (Å²) in [6.07, 6.45) is 2.24. The second kappa shape index (κ2) is 8.12. The van der Waals surface area contributed by atoms with Gasteiger partial charge >= 0.3 is 0 Å². The van der Waals surface area contributed by atoms with Crippen LogP contribution in [0.5, 0.6) is 0 Å². The third kappa shape index (κ3) is 5.58. The second-order valence-corrected chi connectivity index (χ2v) is 5.35. The van der Waals surface area contributed by atoms with Crippen LogP contribution in [0.15, 0.2) is 30.3 Å². The van der Waals surface area contributed by atoms with E-state index in [1.807, 2.05) is 37.3 Å². The molecule has 23 heavy (non-hydrogen) atoms. The molecule has 0 bridgehead atoms. The smallest absolute Gasteiger partial charge is 0.221 e. The molecule has 1 aromatic heterocycles. The minimum Gasteiger partial charge on any atom is -0.370 e. The lowest BCUT2D eigenvalue weighted by molar-refractivity contribution is -0.114. The molecule has 0 saturated carbocycles. The van der Waals surface area contributed by atoms with Crippen LogP contribution in [0.25, 0.3) is 0 Å². The molecule has 1 amide bonds. The van der Waals surface area contributed by atoms with E-state index in [0.29, 0.717) is 5.82 Å². The Morgan fingerprint density at radius 3 is 2.61 bits per heavy atom. The normalized spacial score (nSPS) is 10.2. The molecule has 6 nitrogen and oxygen atoms in total. The van der Waals surface area contributed by atoms with Gasteiger partial charge in [0.2, 0.25) is 5.91 Å². The van der Waals surface area contributed by atoms with Gasteiger partial charge in [0.05, 0.1) is 0 Å². The Morgan fingerprint density at radius 2 is 1.87 bits per heavy atom. The van der Waals surface area contributed by atoms with Crippen molar-refractivity contribution in [2.45, 2.75) is 33.6 Å². The number of aryl methyl sites for hydroxylation is 1. The molecule has 3 N–H and O–H groups in total. The van der Waals surface area contributed by atoms with Crippen molar-refractivity contribution >= 4 is 28.9 Å². The Balaban J connectivity index is 2.11. The second-order valence-electron chi connectivity index (χ2n) is 5.35. The monoisotopic (exact) mass is 313 g/mol. The van der Waals surface area contributed by atoms with Crippen LogP contribution in [0.2, 0.25) is 0 Å². The molecule has 6 heteroatoms. The van der Waals surface area contributed by atoms with E-state index in [9.17, 15) is 4.79 Å². The molecule has 0 saturated heterocycles. The number of carbonyl (C=O) groups excluding carboxylic acids is 1. The minimum atomic E-state index is -0.0950. The summed E-state index contributed by atoms with van der Waals surface area (Å²) in [5.41, 5.74) is 1.60. The molecule has 1 aromatic carbocycles. The van der Waals surface area contributed by atoms with Crippen LogP contribution in [-0.4, -0.2) is 22.4 Å². The van der Waals surface area contributed by atoms with Gasteiger partial charge in [-0.15, -0.1) is 0 Å². The zero-order valence-electron chi connectivity index (χ0n) is 13.8. The van der Waals surface area contributed by atoms with Gasteiger partial charge < -0.3 is 16.0 Å². The number of benzene rings is 1. The van der Waals surface area contributed by atoms with Crippen molar-refractivity contribution in [2.75, 3.05) is 22.5 Å². The zero-order valence-corrected chi connectivity index (χ0v) is 13.8. The van der Waals surface area contributed by atoms with E-state index < -0.39 is 0 Å². The largest absolute Gasteiger partial charge is 0.370 e. The Kier molecular flexibility index (Phi) is 5.91. The number of unbranched alkanes of at least 4 members (excludes halogenated alkanes) is 1. The van der Waals surface area contributed by atoms with Crippen LogP contribution in [0, 0.1) is 6.92 Å². The first-order valence-electron chi connectivity index (χ1n) is 7.81. The maximum absolute atomic E-state index is 11.1. The molecule has 2 rings (SSSR count). The quantitative estimate of drug-likeness (QED) is 0.679. The van der Waals surface area contributed by atoms with E-state index in [1.165, 1.54) is 6.92 Å². The zero-order chi connectivity index (χ0) is 16.7. The molecule has 2 aromatic rings. The lowest BCUT2D eigenvalue weighted by Gasteiger charge is -2.11. The van der Waals surface area contributed by atoms with Crippen LogP contribution in [0.4, 0.5) is 23.0 Å². The number of hydrogen-bond acceptors (Lipinski definition) is 5. The fourth-order valence-corrected chi connectivity index (χ4v) is 2.14. The number of rotatable bonds is 7. The lowest BCUT2D eigenvalue weighted by Crippen LogP contribution is -2.07. The van der Waals surface area contributed by atoms with Crippen molar-refractivity contribution in [3.63, 3.8) is 0 Å². The molecule has 1 heterocycles. The van der Waals surface area contributed by atoms with E-state index in [0.717, 1.165) is 42.4 Å². The van der Waals surface area contributed by atoms with Gasteiger partial charge in [-0.1, -0.05) is 19.4 Å². The fourth-order valence-electron chi connectivity index (χ4n) is 2.14. The number of carbonyl (C=O) groups is 1. The van der Waals surface area contributed by atoms with Gasteiger partial charge in [0.1, 0.15) is 17.5 Å². The maximum Gasteiger partial charge on any atom is 0.221 e. The SMILES string of the molecule is CCCCNc1cc(Nc2cccc(NC(C)=O)c2)nc(C)n1. The number of amides is 1. The topological polar surface area (TPSA) is 78.9 Å². The van der Waals surface area contributed by atoms with Gasteiger partial charge in [0.15, 0.2) is 0 Å². The summed E-state index contributed by atoms with van der Waals surface area (Å²) in [5.74, 6) is 2.14. The molecule has 0 aliphatic heterocycles. The van der Waals surface area contributed by atoms with Crippen LogP contribution >= 0.6 is 0 Å². The molecule has 0 atom stereocenters. The predicted octanol–water partition coefficient (Wildman–Crippen LogP) is 3.70. The number of anilines is 4. The summed E-state index contributed by atoms with van der Waals surface area (Å²) < 4.78 is 0. The Labute approximate surface area is 136 Å². The van der Waals surface area contributed by atoms with Gasteiger partial charge in [-0.25, -0.2) is 9.97 Å². The number of hydrogen-bond donors (Lipinski definition) is 3. The van der Waals surface area contributed by atoms with Crippen LogP contribution < -0.4 is 16.0 Å². The Hall–Kier alpha value is -2.63. The summed E-state index contributed by atoms with van der Waals surface area (Å²) in [7, 11) is 0. The molecule has 0 fully saturated rings. The number of aromatic nitrogens is 2. The molecule has 0 aliphatic rings. The summed E-state index contributed by atoms with van der Waals surface area (Å²) >= 11 is 0. The average molecular weight is 313 g/mol. The van der Waals surface area contributed by atoms with E-state index in [1.54, 1.807) is 0 Å². The number of nitrogens with one attached hydrogen (secondary N) is 3. The summed E-state index contributed by atoms with van der Waals surface area (Å²) in [5, 5.41) is 9.31. The van der Waals surface area contributed by atoms with Crippen molar-refractivity contribution in [1.29, 1.82) is 0 Å². The lowest BCUT2D eigenvalue weighted by atomic mass is 10.2. The van der Waals surface area contributed by atoms with Crippen molar-refractivity contribution in [1.82, 2.24) is 9.97 Å². The molecule has 122 valence electrons. The van der Waals surface area contributed by atoms with Crippen molar-refractivity contribution in [3.8, 4) is 0 Å². The van der Waals surface area contributed by atoms with Gasteiger partial charge in [-0.3, -0.25) is 4.79 Å². The van der Waals surface area contributed by atoms with Gasteiger partial charge in [0, 0.05) is 30.9 Å². The fraction of sp³-hybridized carbons (Fsp3) is 0.353. The van der Waals surface area contributed by atoms with Crippen molar-refractivity contribution in [3.05, 3.63) is 36.2 Å². The maximum atomic E-state index is 11.1. The van der Waals surface area contributed by atoms with Crippen molar-refractivity contribution < 1.29 is 4.79 Å². The molecule has 0 aliphatic carbocycles.